The molecule has 12 heteroatoms. The number of nitrogens with one attached hydrogen (secondary N) is 1. The number of carbonyl (C=O) groups is 1. The molecule has 1 N–H and O–H groups in total. The molecule has 0 unspecified atom stereocenters. The molecule has 7 nitrogen and oxygen atoms in total. The van der Waals surface area contributed by atoms with Crippen LogP contribution in [0.2, 0.25) is 5.02 Å². The molecule has 1 amide bonds. The van der Waals surface area contributed by atoms with Gasteiger partial charge in [-0.25, -0.2) is 8.78 Å². The highest BCUT2D eigenvalue weighted by Gasteiger charge is 2.21. The predicted octanol–water partition coefficient (Wildman–Crippen LogP) is 6.05. The summed E-state index contributed by atoms with van der Waals surface area (Å²) in [6.45, 7) is 0. The highest BCUT2D eigenvalue weighted by Crippen LogP contribution is 2.36. The maximum absolute atomic E-state index is 13.4. The number of halogens is 3. The molecule has 0 aliphatic rings. The van der Waals surface area contributed by atoms with Crippen molar-refractivity contribution in [2.24, 2.45) is 7.05 Å². The minimum Gasteiger partial charge on any atom is -0.496 e. The number of rotatable bonds is 8. The topological polar surface area (TPSA) is 86.1 Å². The van der Waals surface area contributed by atoms with Gasteiger partial charge in [-0.2, -0.15) is 0 Å². The predicted molar refractivity (Wildman–Crippen MR) is 138 cm³/mol. The fourth-order valence-electron chi connectivity index (χ4n) is 3.31. The van der Waals surface area contributed by atoms with Gasteiger partial charge >= 0.3 is 0 Å². The number of amides is 1. The van der Waals surface area contributed by atoms with Gasteiger partial charge in [0.05, 0.1) is 12.7 Å². The third kappa shape index (κ3) is 5.92. The number of benzene rings is 2. The Hall–Kier alpha value is -3.28. The van der Waals surface area contributed by atoms with Crippen LogP contribution < -0.4 is 15.6 Å². The lowest BCUT2D eigenvalue weighted by molar-refractivity contribution is 0.102. The van der Waals surface area contributed by atoms with E-state index >= 15 is 0 Å². The number of aromatic nitrogens is 3. The molecule has 4 aromatic rings. The zero-order valence-electron chi connectivity index (χ0n) is 19.0. The van der Waals surface area contributed by atoms with E-state index < -0.39 is 17.9 Å². The quantitative estimate of drug-likeness (QED) is 0.213. The van der Waals surface area contributed by atoms with Crippen molar-refractivity contribution >= 4 is 45.7 Å². The maximum Gasteiger partial charge on any atom is 0.263 e. The van der Waals surface area contributed by atoms with Gasteiger partial charge in [0.25, 0.3) is 17.9 Å². The Balaban J connectivity index is 1.60. The normalized spacial score (nSPS) is 11.1. The second-order valence-electron chi connectivity index (χ2n) is 7.55. The van der Waals surface area contributed by atoms with Crippen molar-refractivity contribution in [3.8, 4) is 16.9 Å². The van der Waals surface area contributed by atoms with Crippen LogP contribution in [0.4, 0.5) is 13.9 Å². The van der Waals surface area contributed by atoms with Crippen LogP contribution in [0, 0.1) is 0 Å². The molecule has 0 radical (unpaired) electrons. The molecule has 0 spiro atoms. The molecule has 2 heterocycles. The number of pyridine rings is 1. The zero-order valence-corrected chi connectivity index (χ0v) is 21.4. The van der Waals surface area contributed by atoms with E-state index in [0.29, 0.717) is 15.1 Å². The number of ether oxygens (including phenoxy) is 1. The molecule has 0 saturated heterocycles. The molecule has 186 valence electrons. The maximum atomic E-state index is 13.4. The summed E-state index contributed by atoms with van der Waals surface area (Å²) in [6.07, 6.45) is -1.30. The first-order valence-corrected chi connectivity index (χ1v) is 12.6. The van der Waals surface area contributed by atoms with Crippen LogP contribution >= 0.6 is 34.7 Å². The lowest BCUT2D eigenvalue weighted by Crippen LogP contribution is -2.21. The van der Waals surface area contributed by atoms with Gasteiger partial charge in [0.1, 0.15) is 5.75 Å². The van der Waals surface area contributed by atoms with E-state index in [-0.39, 0.29) is 33.1 Å². The Morgan fingerprint density at radius 2 is 1.92 bits per heavy atom. The highest BCUT2D eigenvalue weighted by atomic mass is 35.5. The van der Waals surface area contributed by atoms with Gasteiger partial charge in [0.15, 0.2) is 4.34 Å². The summed E-state index contributed by atoms with van der Waals surface area (Å²) in [5, 5.41) is 11.6. The SMILES string of the molecule is COc1ccc(C(F)F)cc1-c1cn(C)c(=O)cc1C(=O)Nc1nnc(SCc2ccc(Cl)cc2)s1. The zero-order chi connectivity index (χ0) is 25.8. The van der Waals surface area contributed by atoms with Gasteiger partial charge in [-0.1, -0.05) is 46.8 Å². The fourth-order valence-corrected chi connectivity index (χ4v) is 5.14. The average molecular weight is 549 g/mol. The molecule has 0 fully saturated rings. The van der Waals surface area contributed by atoms with Crippen LogP contribution in [0.5, 0.6) is 5.75 Å². The van der Waals surface area contributed by atoms with Crippen molar-refractivity contribution in [1.82, 2.24) is 14.8 Å². The van der Waals surface area contributed by atoms with Gasteiger partial charge < -0.3 is 9.30 Å². The Morgan fingerprint density at radius 1 is 1.17 bits per heavy atom. The molecular formula is C24H19ClF2N4O3S2. The number of anilines is 1. The van der Waals surface area contributed by atoms with Crippen molar-refractivity contribution in [2.45, 2.75) is 16.5 Å². The summed E-state index contributed by atoms with van der Waals surface area (Å²) in [4.78, 5) is 25.5. The van der Waals surface area contributed by atoms with Crippen molar-refractivity contribution in [3.63, 3.8) is 0 Å². The first-order chi connectivity index (χ1) is 17.2. The summed E-state index contributed by atoms with van der Waals surface area (Å²) >= 11 is 8.53. The van der Waals surface area contributed by atoms with E-state index in [2.05, 4.69) is 15.5 Å². The number of methoxy groups -OCH3 is 1. The van der Waals surface area contributed by atoms with Crippen molar-refractivity contribution in [3.05, 3.63) is 86.8 Å². The minimum atomic E-state index is -2.72. The number of thioether (sulfide) groups is 1. The number of hydrogen-bond donors (Lipinski definition) is 1. The van der Waals surface area contributed by atoms with Gasteiger partial charge in [-0.05, 0) is 35.9 Å². The van der Waals surface area contributed by atoms with Crippen LogP contribution in [0.15, 0.2) is 63.9 Å². The van der Waals surface area contributed by atoms with E-state index in [1.54, 1.807) is 12.1 Å². The van der Waals surface area contributed by atoms with Crippen molar-refractivity contribution in [2.75, 3.05) is 12.4 Å². The summed E-state index contributed by atoms with van der Waals surface area (Å²) in [5.41, 5.74) is 0.883. The second-order valence-corrected chi connectivity index (χ2v) is 10.2. The third-order valence-corrected chi connectivity index (χ3v) is 7.44. The van der Waals surface area contributed by atoms with Gasteiger partial charge in [0, 0.05) is 46.8 Å². The Kier molecular flexibility index (Phi) is 8.02. The Bertz CT molecular complexity index is 1460. The average Bonchev–Trinajstić information content (AvgIpc) is 3.31. The number of hydrogen-bond acceptors (Lipinski definition) is 7. The van der Waals surface area contributed by atoms with E-state index in [1.807, 2.05) is 12.1 Å². The summed E-state index contributed by atoms with van der Waals surface area (Å²) in [6, 6.07) is 12.5. The highest BCUT2D eigenvalue weighted by molar-refractivity contribution is 8.00. The van der Waals surface area contributed by atoms with E-state index in [1.165, 1.54) is 66.2 Å². The van der Waals surface area contributed by atoms with Crippen molar-refractivity contribution in [1.29, 1.82) is 0 Å². The largest absolute Gasteiger partial charge is 0.496 e. The molecule has 4 rings (SSSR count). The van der Waals surface area contributed by atoms with Crippen LogP contribution in [0.25, 0.3) is 11.1 Å². The minimum absolute atomic E-state index is 0.00613. The summed E-state index contributed by atoms with van der Waals surface area (Å²) < 4.78 is 34.0. The van der Waals surface area contributed by atoms with E-state index in [4.69, 9.17) is 16.3 Å². The number of alkyl halides is 2. The number of carbonyl (C=O) groups excluding carboxylic acids is 1. The fraction of sp³-hybridized carbons (Fsp3) is 0.167. The van der Waals surface area contributed by atoms with E-state index in [9.17, 15) is 18.4 Å². The molecule has 2 aromatic carbocycles. The molecule has 0 aliphatic heterocycles. The first kappa shape index (κ1) is 25.8. The van der Waals surface area contributed by atoms with Gasteiger partial charge in [-0.15, -0.1) is 10.2 Å². The third-order valence-electron chi connectivity index (χ3n) is 5.14. The molecule has 0 bridgehead atoms. The Labute approximate surface area is 218 Å². The first-order valence-electron chi connectivity index (χ1n) is 10.4. The lowest BCUT2D eigenvalue weighted by atomic mass is 9.98. The molecule has 0 aliphatic carbocycles. The molecule has 0 atom stereocenters. The Morgan fingerprint density at radius 3 is 2.61 bits per heavy atom. The molecule has 36 heavy (non-hydrogen) atoms. The van der Waals surface area contributed by atoms with Gasteiger partial charge in [0.2, 0.25) is 5.13 Å². The van der Waals surface area contributed by atoms with Gasteiger partial charge in [-0.3, -0.25) is 14.9 Å². The van der Waals surface area contributed by atoms with Crippen LogP contribution in [-0.4, -0.2) is 27.8 Å². The van der Waals surface area contributed by atoms with Crippen LogP contribution in [0.3, 0.4) is 0 Å². The lowest BCUT2D eigenvalue weighted by Gasteiger charge is -2.15. The number of aryl methyl sites for hydroxylation is 1. The van der Waals surface area contributed by atoms with Crippen LogP contribution in [-0.2, 0) is 12.8 Å². The second kappa shape index (κ2) is 11.2. The molecular weight excluding hydrogens is 530 g/mol. The van der Waals surface area contributed by atoms with Crippen molar-refractivity contribution < 1.29 is 18.3 Å². The van der Waals surface area contributed by atoms with E-state index in [0.717, 1.165) is 11.6 Å². The summed E-state index contributed by atoms with van der Waals surface area (Å²) in [5.74, 6) is 0.292. The summed E-state index contributed by atoms with van der Waals surface area (Å²) in [7, 11) is 2.90. The standard InChI is InChI=1S/C24H19ClF2N4O3S2/c1-31-11-18(16-9-14(21(26)27)5-8-19(16)34-2)17(10-20(31)32)22(33)28-23-29-30-24(36-23)35-12-13-3-6-15(25)7-4-13/h3-11,21H,12H2,1-2H3,(H,28,29,33). The monoisotopic (exact) mass is 548 g/mol. The smallest absolute Gasteiger partial charge is 0.263 e. The number of nitrogens with zero attached hydrogens (tertiary/aromatic N) is 3. The van der Waals surface area contributed by atoms with Crippen LogP contribution in [0.1, 0.15) is 27.9 Å². The molecule has 0 saturated carbocycles. The molecule has 2 aromatic heterocycles.